The van der Waals surface area contributed by atoms with Crippen molar-refractivity contribution in [1.29, 1.82) is 0 Å². The molecule has 1 aliphatic rings. The number of carbonyl (C=O) groups is 1. The Morgan fingerprint density at radius 3 is 2.53 bits per heavy atom. The molecule has 90 valence electrons. The molecule has 1 aromatic rings. The smallest absolute Gasteiger partial charge is 0.224 e. The molecule has 0 radical (unpaired) electrons. The SMILES string of the molecule is NC(=S)c1ccc(CC(=O)NCC2CC2)cc1. The highest BCUT2D eigenvalue weighted by Crippen LogP contribution is 2.27. The zero-order valence-corrected chi connectivity index (χ0v) is 10.4. The first kappa shape index (κ1) is 12.0. The number of amides is 1. The van der Waals surface area contributed by atoms with E-state index in [1.807, 2.05) is 24.3 Å². The van der Waals surface area contributed by atoms with E-state index in [1.165, 1.54) is 12.8 Å². The van der Waals surface area contributed by atoms with Gasteiger partial charge in [-0.15, -0.1) is 0 Å². The van der Waals surface area contributed by atoms with Crippen LogP contribution in [0.1, 0.15) is 24.0 Å². The van der Waals surface area contributed by atoms with Gasteiger partial charge in [0, 0.05) is 12.1 Å². The zero-order chi connectivity index (χ0) is 12.3. The molecule has 1 aliphatic carbocycles. The molecule has 0 aromatic heterocycles. The maximum atomic E-state index is 11.6. The second-order valence-corrected chi connectivity index (χ2v) is 4.93. The average Bonchev–Trinajstić information content (AvgIpc) is 3.11. The highest BCUT2D eigenvalue weighted by Gasteiger charge is 2.21. The van der Waals surface area contributed by atoms with Gasteiger partial charge in [0.25, 0.3) is 0 Å². The van der Waals surface area contributed by atoms with Crippen LogP contribution >= 0.6 is 12.2 Å². The summed E-state index contributed by atoms with van der Waals surface area (Å²) in [6.45, 7) is 0.823. The average molecular weight is 248 g/mol. The minimum atomic E-state index is 0.0833. The summed E-state index contributed by atoms with van der Waals surface area (Å²) < 4.78 is 0. The van der Waals surface area contributed by atoms with Gasteiger partial charge in [-0.3, -0.25) is 4.79 Å². The fourth-order valence-corrected chi connectivity index (χ4v) is 1.75. The molecule has 0 heterocycles. The van der Waals surface area contributed by atoms with E-state index in [1.54, 1.807) is 0 Å². The Morgan fingerprint density at radius 1 is 1.35 bits per heavy atom. The standard InChI is InChI=1S/C13H16N2OS/c14-13(17)11-5-3-9(4-6-11)7-12(16)15-8-10-1-2-10/h3-6,10H,1-2,7-8H2,(H2,14,17)(H,15,16). The van der Waals surface area contributed by atoms with Crippen LogP contribution in [0, 0.1) is 5.92 Å². The number of hydrogen-bond acceptors (Lipinski definition) is 2. The fraction of sp³-hybridized carbons (Fsp3) is 0.385. The third kappa shape index (κ3) is 3.82. The van der Waals surface area contributed by atoms with Gasteiger partial charge in [0.05, 0.1) is 6.42 Å². The Labute approximate surface area is 106 Å². The van der Waals surface area contributed by atoms with Crippen molar-refractivity contribution in [2.24, 2.45) is 11.7 Å². The molecule has 1 aromatic carbocycles. The number of benzene rings is 1. The molecular weight excluding hydrogens is 232 g/mol. The maximum Gasteiger partial charge on any atom is 0.224 e. The molecule has 3 N–H and O–H groups in total. The maximum absolute atomic E-state index is 11.6. The molecule has 4 heteroatoms. The van der Waals surface area contributed by atoms with E-state index < -0.39 is 0 Å². The van der Waals surface area contributed by atoms with E-state index in [4.69, 9.17) is 18.0 Å². The van der Waals surface area contributed by atoms with Crippen LogP contribution in [-0.2, 0) is 11.2 Å². The fourth-order valence-electron chi connectivity index (χ4n) is 1.61. The van der Waals surface area contributed by atoms with Gasteiger partial charge in [0.1, 0.15) is 4.99 Å². The molecular formula is C13H16N2OS. The number of hydrogen-bond donors (Lipinski definition) is 2. The molecule has 3 nitrogen and oxygen atoms in total. The Morgan fingerprint density at radius 2 is 2.00 bits per heavy atom. The summed E-state index contributed by atoms with van der Waals surface area (Å²) in [5.74, 6) is 0.802. The lowest BCUT2D eigenvalue weighted by atomic mass is 10.1. The van der Waals surface area contributed by atoms with Crippen molar-refractivity contribution in [3.8, 4) is 0 Å². The molecule has 17 heavy (non-hydrogen) atoms. The van der Waals surface area contributed by atoms with Gasteiger partial charge >= 0.3 is 0 Å². The van der Waals surface area contributed by atoms with Crippen LogP contribution in [0.15, 0.2) is 24.3 Å². The van der Waals surface area contributed by atoms with Crippen LogP contribution in [-0.4, -0.2) is 17.4 Å². The van der Waals surface area contributed by atoms with Crippen molar-refractivity contribution in [2.45, 2.75) is 19.3 Å². The molecule has 1 fully saturated rings. The minimum Gasteiger partial charge on any atom is -0.389 e. The van der Waals surface area contributed by atoms with Crippen LogP contribution in [0.25, 0.3) is 0 Å². The predicted molar refractivity (Wildman–Crippen MR) is 71.8 cm³/mol. The van der Waals surface area contributed by atoms with Crippen LogP contribution in [0.2, 0.25) is 0 Å². The van der Waals surface area contributed by atoms with E-state index in [9.17, 15) is 4.79 Å². The number of carbonyl (C=O) groups excluding carboxylic acids is 1. The first-order valence-corrected chi connectivity index (χ1v) is 6.21. The summed E-state index contributed by atoms with van der Waals surface area (Å²) in [4.78, 5) is 12.0. The molecule has 0 spiro atoms. The Bertz CT molecular complexity index is 424. The molecule has 1 amide bonds. The second-order valence-electron chi connectivity index (χ2n) is 4.49. The highest BCUT2D eigenvalue weighted by atomic mass is 32.1. The number of rotatable bonds is 5. The molecule has 0 atom stereocenters. The topological polar surface area (TPSA) is 55.1 Å². The van der Waals surface area contributed by atoms with Gasteiger partial charge in [0.15, 0.2) is 0 Å². The lowest BCUT2D eigenvalue weighted by Gasteiger charge is -2.05. The summed E-state index contributed by atoms with van der Waals surface area (Å²) in [5, 5.41) is 2.94. The Kier molecular flexibility index (Phi) is 3.74. The monoisotopic (exact) mass is 248 g/mol. The number of nitrogens with two attached hydrogens (primary N) is 1. The summed E-state index contributed by atoms with van der Waals surface area (Å²) in [7, 11) is 0. The molecule has 2 rings (SSSR count). The molecule has 0 unspecified atom stereocenters. The summed E-state index contributed by atoms with van der Waals surface area (Å²) >= 11 is 4.87. The third-order valence-corrected chi connectivity index (χ3v) is 3.12. The van der Waals surface area contributed by atoms with Crippen LogP contribution < -0.4 is 11.1 Å². The predicted octanol–water partition coefficient (Wildman–Crippen LogP) is 1.39. The normalized spacial score (nSPS) is 14.4. The van der Waals surface area contributed by atoms with E-state index in [0.717, 1.165) is 23.6 Å². The quantitative estimate of drug-likeness (QED) is 0.774. The van der Waals surface area contributed by atoms with E-state index in [-0.39, 0.29) is 5.91 Å². The number of nitrogens with one attached hydrogen (secondary N) is 1. The van der Waals surface area contributed by atoms with Crippen molar-refractivity contribution < 1.29 is 4.79 Å². The Hall–Kier alpha value is -1.42. The van der Waals surface area contributed by atoms with Gasteiger partial charge < -0.3 is 11.1 Å². The van der Waals surface area contributed by atoms with Crippen molar-refractivity contribution in [2.75, 3.05) is 6.54 Å². The lowest BCUT2D eigenvalue weighted by Crippen LogP contribution is -2.27. The van der Waals surface area contributed by atoms with Gasteiger partial charge in [-0.2, -0.15) is 0 Å². The van der Waals surface area contributed by atoms with Gasteiger partial charge in [-0.25, -0.2) is 0 Å². The lowest BCUT2D eigenvalue weighted by molar-refractivity contribution is -0.120. The van der Waals surface area contributed by atoms with Crippen molar-refractivity contribution >= 4 is 23.1 Å². The summed E-state index contributed by atoms with van der Waals surface area (Å²) in [5.41, 5.74) is 7.33. The molecule has 0 aliphatic heterocycles. The first-order valence-electron chi connectivity index (χ1n) is 5.80. The van der Waals surface area contributed by atoms with Crippen molar-refractivity contribution in [1.82, 2.24) is 5.32 Å². The third-order valence-electron chi connectivity index (χ3n) is 2.89. The van der Waals surface area contributed by atoms with Crippen LogP contribution in [0.3, 0.4) is 0 Å². The van der Waals surface area contributed by atoms with Gasteiger partial charge in [-0.1, -0.05) is 36.5 Å². The summed E-state index contributed by atoms with van der Waals surface area (Å²) in [6, 6.07) is 7.49. The van der Waals surface area contributed by atoms with E-state index in [0.29, 0.717) is 11.4 Å². The van der Waals surface area contributed by atoms with E-state index in [2.05, 4.69) is 5.32 Å². The second kappa shape index (κ2) is 5.27. The highest BCUT2D eigenvalue weighted by molar-refractivity contribution is 7.80. The van der Waals surface area contributed by atoms with Crippen LogP contribution in [0.4, 0.5) is 0 Å². The molecule has 1 saturated carbocycles. The summed E-state index contributed by atoms with van der Waals surface area (Å²) in [6.07, 6.45) is 2.93. The van der Waals surface area contributed by atoms with Crippen molar-refractivity contribution in [3.63, 3.8) is 0 Å². The molecule has 0 bridgehead atoms. The first-order chi connectivity index (χ1) is 8.15. The van der Waals surface area contributed by atoms with Crippen molar-refractivity contribution in [3.05, 3.63) is 35.4 Å². The Balaban J connectivity index is 1.84. The van der Waals surface area contributed by atoms with Crippen LogP contribution in [0.5, 0.6) is 0 Å². The van der Waals surface area contributed by atoms with Gasteiger partial charge in [-0.05, 0) is 24.3 Å². The largest absolute Gasteiger partial charge is 0.389 e. The van der Waals surface area contributed by atoms with Gasteiger partial charge in [0.2, 0.25) is 5.91 Å². The molecule has 0 saturated heterocycles. The number of thiocarbonyl (C=S) groups is 1. The minimum absolute atomic E-state index is 0.0833. The van der Waals surface area contributed by atoms with E-state index >= 15 is 0 Å². The zero-order valence-electron chi connectivity index (χ0n) is 9.61.